The van der Waals surface area contributed by atoms with Gasteiger partial charge in [-0.3, -0.25) is 9.69 Å². The molecule has 1 N–H and O–H groups in total. The molecule has 5 nitrogen and oxygen atoms in total. The first-order valence-electron chi connectivity index (χ1n) is 7.20. The molecule has 0 aromatic heterocycles. The van der Waals surface area contributed by atoms with Gasteiger partial charge in [-0.15, -0.1) is 0 Å². The third kappa shape index (κ3) is 4.54. The standard InChI is InChI=1S/C15H22N2O3S/c1-3-17(15-8-9-21(19,20)11-15)10-13-4-6-14(7-5-13)16-12(2)18/h4-7,15H,3,8-11H2,1-2H3,(H,16,18)/t15-/m0/s1. The maximum atomic E-state index is 11.6. The number of carbonyl (C=O) groups excluding carboxylic acids is 1. The van der Waals surface area contributed by atoms with Crippen LogP contribution < -0.4 is 5.32 Å². The van der Waals surface area contributed by atoms with Crippen molar-refractivity contribution in [3.05, 3.63) is 29.8 Å². The molecule has 1 atom stereocenters. The molecule has 21 heavy (non-hydrogen) atoms. The smallest absolute Gasteiger partial charge is 0.221 e. The summed E-state index contributed by atoms with van der Waals surface area (Å²) in [6.07, 6.45) is 0.722. The Morgan fingerprint density at radius 2 is 2.00 bits per heavy atom. The summed E-state index contributed by atoms with van der Waals surface area (Å²) in [6.45, 7) is 5.09. The second-order valence-electron chi connectivity index (χ2n) is 5.50. The summed E-state index contributed by atoms with van der Waals surface area (Å²) in [4.78, 5) is 13.2. The largest absolute Gasteiger partial charge is 0.326 e. The maximum Gasteiger partial charge on any atom is 0.221 e. The fourth-order valence-corrected chi connectivity index (χ4v) is 4.46. The van der Waals surface area contributed by atoms with Crippen LogP contribution in [0.5, 0.6) is 0 Å². The highest BCUT2D eigenvalue weighted by molar-refractivity contribution is 7.91. The predicted molar refractivity (Wildman–Crippen MR) is 83.9 cm³/mol. The molecule has 0 spiro atoms. The molecule has 0 bridgehead atoms. The summed E-state index contributed by atoms with van der Waals surface area (Å²) in [6, 6.07) is 7.80. The lowest BCUT2D eigenvalue weighted by molar-refractivity contribution is -0.114. The van der Waals surface area contributed by atoms with Crippen molar-refractivity contribution in [1.82, 2.24) is 4.90 Å². The molecule has 1 saturated heterocycles. The van der Waals surface area contributed by atoms with Crippen LogP contribution in [-0.2, 0) is 21.2 Å². The molecule has 1 heterocycles. The first-order valence-corrected chi connectivity index (χ1v) is 9.03. The number of carbonyl (C=O) groups is 1. The summed E-state index contributed by atoms with van der Waals surface area (Å²) in [5.74, 6) is 0.481. The lowest BCUT2D eigenvalue weighted by Crippen LogP contribution is -2.35. The molecule has 1 aromatic rings. The Kier molecular flexibility index (Phi) is 5.00. The first-order chi connectivity index (χ1) is 9.89. The van der Waals surface area contributed by atoms with Gasteiger partial charge in [0.05, 0.1) is 11.5 Å². The lowest BCUT2D eigenvalue weighted by atomic mass is 10.1. The Bertz CT molecular complexity index is 596. The van der Waals surface area contributed by atoms with E-state index in [1.54, 1.807) is 0 Å². The van der Waals surface area contributed by atoms with Crippen LogP contribution in [0.4, 0.5) is 5.69 Å². The highest BCUT2D eigenvalue weighted by atomic mass is 32.2. The van der Waals surface area contributed by atoms with E-state index >= 15 is 0 Å². The molecule has 116 valence electrons. The van der Waals surface area contributed by atoms with Gasteiger partial charge in [-0.05, 0) is 30.7 Å². The molecule has 0 radical (unpaired) electrons. The van der Waals surface area contributed by atoms with Gasteiger partial charge in [0.25, 0.3) is 0 Å². The van der Waals surface area contributed by atoms with Crippen molar-refractivity contribution in [3.63, 3.8) is 0 Å². The van der Waals surface area contributed by atoms with Gasteiger partial charge in [-0.2, -0.15) is 0 Å². The minimum atomic E-state index is -2.85. The van der Waals surface area contributed by atoms with E-state index in [0.717, 1.165) is 30.8 Å². The number of rotatable bonds is 5. The van der Waals surface area contributed by atoms with Gasteiger partial charge in [-0.25, -0.2) is 8.42 Å². The van der Waals surface area contributed by atoms with E-state index in [1.807, 2.05) is 24.3 Å². The van der Waals surface area contributed by atoms with Gasteiger partial charge < -0.3 is 5.32 Å². The molecule has 0 unspecified atom stereocenters. The highest BCUT2D eigenvalue weighted by Crippen LogP contribution is 2.20. The third-order valence-electron chi connectivity index (χ3n) is 3.79. The Morgan fingerprint density at radius 1 is 1.33 bits per heavy atom. The number of hydrogen-bond donors (Lipinski definition) is 1. The fourth-order valence-electron chi connectivity index (χ4n) is 2.69. The van der Waals surface area contributed by atoms with E-state index in [1.165, 1.54) is 6.92 Å². The molecule has 0 saturated carbocycles. The number of hydrogen-bond acceptors (Lipinski definition) is 4. The first kappa shape index (κ1) is 16.0. The van der Waals surface area contributed by atoms with Gasteiger partial charge in [0.1, 0.15) is 0 Å². The Balaban J connectivity index is 2.00. The zero-order chi connectivity index (χ0) is 15.5. The number of nitrogens with one attached hydrogen (secondary N) is 1. The van der Waals surface area contributed by atoms with E-state index in [-0.39, 0.29) is 17.7 Å². The molecule has 1 fully saturated rings. The quantitative estimate of drug-likeness (QED) is 0.898. The molecule has 2 rings (SSSR count). The maximum absolute atomic E-state index is 11.6. The Hall–Kier alpha value is -1.40. The summed E-state index contributed by atoms with van der Waals surface area (Å²) in [7, 11) is -2.85. The van der Waals surface area contributed by atoms with Crippen molar-refractivity contribution < 1.29 is 13.2 Å². The Labute approximate surface area is 126 Å². The predicted octanol–water partition coefficient (Wildman–Crippen LogP) is 1.65. The summed E-state index contributed by atoms with van der Waals surface area (Å²) in [5.41, 5.74) is 1.90. The molecular weight excluding hydrogens is 288 g/mol. The minimum absolute atomic E-state index is 0.0888. The van der Waals surface area contributed by atoms with E-state index in [2.05, 4.69) is 17.1 Å². The normalized spacial score (nSPS) is 20.6. The van der Waals surface area contributed by atoms with Crippen LogP contribution in [0.25, 0.3) is 0 Å². The van der Waals surface area contributed by atoms with Crippen molar-refractivity contribution in [2.75, 3.05) is 23.4 Å². The molecule has 1 amide bonds. The van der Waals surface area contributed by atoms with Crippen LogP contribution >= 0.6 is 0 Å². The van der Waals surface area contributed by atoms with Gasteiger partial charge in [0.15, 0.2) is 9.84 Å². The zero-order valence-corrected chi connectivity index (χ0v) is 13.3. The number of sulfone groups is 1. The van der Waals surface area contributed by atoms with Crippen LogP contribution in [0.1, 0.15) is 25.8 Å². The molecule has 1 aliphatic rings. The van der Waals surface area contributed by atoms with Crippen molar-refractivity contribution in [2.24, 2.45) is 0 Å². The SMILES string of the molecule is CCN(Cc1ccc(NC(C)=O)cc1)[C@H]1CCS(=O)(=O)C1. The summed E-state index contributed by atoms with van der Waals surface area (Å²) >= 11 is 0. The monoisotopic (exact) mass is 310 g/mol. The van der Waals surface area contributed by atoms with Crippen molar-refractivity contribution in [2.45, 2.75) is 32.9 Å². The second-order valence-corrected chi connectivity index (χ2v) is 7.73. The average molecular weight is 310 g/mol. The fraction of sp³-hybridized carbons (Fsp3) is 0.533. The van der Waals surface area contributed by atoms with E-state index in [9.17, 15) is 13.2 Å². The number of amides is 1. The van der Waals surface area contributed by atoms with Crippen LogP contribution in [0.2, 0.25) is 0 Å². The average Bonchev–Trinajstić information content (AvgIpc) is 2.77. The summed E-state index contributed by atoms with van der Waals surface area (Å²) < 4.78 is 23.2. The van der Waals surface area contributed by atoms with Crippen molar-refractivity contribution >= 4 is 21.4 Å². The third-order valence-corrected chi connectivity index (χ3v) is 5.54. The number of anilines is 1. The van der Waals surface area contributed by atoms with Crippen LogP contribution in [-0.4, -0.2) is 43.3 Å². The van der Waals surface area contributed by atoms with Gasteiger partial charge in [-0.1, -0.05) is 19.1 Å². The molecular formula is C15H22N2O3S. The molecule has 1 aliphatic heterocycles. The highest BCUT2D eigenvalue weighted by Gasteiger charge is 2.31. The Morgan fingerprint density at radius 3 is 2.48 bits per heavy atom. The van der Waals surface area contributed by atoms with Gasteiger partial charge in [0.2, 0.25) is 5.91 Å². The van der Waals surface area contributed by atoms with Gasteiger partial charge in [0, 0.05) is 25.2 Å². The molecule has 6 heteroatoms. The minimum Gasteiger partial charge on any atom is -0.326 e. The second kappa shape index (κ2) is 6.58. The molecule has 0 aliphatic carbocycles. The van der Waals surface area contributed by atoms with Crippen LogP contribution in [0, 0.1) is 0 Å². The molecule has 1 aromatic carbocycles. The van der Waals surface area contributed by atoms with Crippen molar-refractivity contribution in [3.8, 4) is 0 Å². The lowest BCUT2D eigenvalue weighted by Gasteiger charge is -2.26. The van der Waals surface area contributed by atoms with Crippen molar-refractivity contribution in [1.29, 1.82) is 0 Å². The number of benzene rings is 1. The van der Waals surface area contributed by atoms with E-state index < -0.39 is 9.84 Å². The zero-order valence-electron chi connectivity index (χ0n) is 12.5. The number of nitrogens with zero attached hydrogens (tertiary/aromatic N) is 1. The van der Waals surface area contributed by atoms with Crippen LogP contribution in [0.3, 0.4) is 0 Å². The van der Waals surface area contributed by atoms with Crippen LogP contribution in [0.15, 0.2) is 24.3 Å². The van der Waals surface area contributed by atoms with E-state index in [0.29, 0.717) is 5.75 Å². The van der Waals surface area contributed by atoms with E-state index in [4.69, 9.17) is 0 Å². The topological polar surface area (TPSA) is 66.5 Å². The van der Waals surface area contributed by atoms with Gasteiger partial charge >= 0.3 is 0 Å². The summed E-state index contributed by atoms with van der Waals surface area (Å²) in [5, 5.41) is 2.73.